The molecule has 1 fully saturated rings. The number of guanidine groups is 1. The summed E-state index contributed by atoms with van der Waals surface area (Å²) in [6.07, 6.45) is 3.82. The van der Waals surface area contributed by atoms with Crippen molar-refractivity contribution in [1.29, 1.82) is 0 Å². The molecule has 2 N–H and O–H groups in total. The Morgan fingerprint density at radius 3 is 2.84 bits per heavy atom. The van der Waals surface area contributed by atoms with Gasteiger partial charge >= 0.3 is 0 Å². The number of thiophene rings is 1. The number of nitrogens with one attached hydrogen (secondary N) is 2. The van der Waals surface area contributed by atoms with E-state index in [2.05, 4.69) is 49.8 Å². The van der Waals surface area contributed by atoms with E-state index >= 15 is 0 Å². The SMILES string of the molecule is CN=C(NCCCc1nnc2ccccn12)NCC(c1ccc(C)s1)N1CCOCC1. The van der Waals surface area contributed by atoms with Gasteiger partial charge in [0.2, 0.25) is 0 Å². The van der Waals surface area contributed by atoms with Gasteiger partial charge in [0, 0.05) is 55.6 Å². The van der Waals surface area contributed by atoms with Gasteiger partial charge in [-0.25, -0.2) is 0 Å². The van der Waals surface area contributed by atoms with Crippen LogP contribution in [0.15, 0.2) is 41.5 Å². The molecule has 3 aromatic heterocycles. The van der Waals surface area contributed by atoms with Gasteiger partial charge in [0.1, 0.15) is 5.82 Å². The molecule has 0 aromatic carbocycles. The van der Waals surface area contributed by atoms with Crippen molar-refractivity contribution < 1.29 is 4.74 Å². The summed E-state index contributed by atoms with van der Waals surface area (Å²) < 4.78 is 7.60. The highest BCUT2D eigenvalue weighted by Gasteiger charge is 2.24. The van der Waals surface area contributed by atoms with E-state index in [1.165, 1.54) is 9.75 Å². The minimum Gasteiger partial charge on any atom is -0.379 e. The molecule has 0 spiro atoms. The van der Waals surface area contributed by atoms with Crippen LogP contribution >= 0.6 is 11.3 Å². The van der Waals surface area contributed by atoms with Crippen molar-refractivity contribution in [3.8, 4) is 0 Å². The first kappa shape index (κ1) is 21.7. The van der Waals surface area contributed by atoms with Gasteiger partial charge in [0.05, 0.1) is 19.3 Å². The van der Waals surface area contributed by atoms with Crippen LogP contribution in [-0.2, 0) is 11.2 Å². The molecule has 1 aliphatic rings. The first-order valence-corrected chi connectivity index (χ1v) is 11.7. The molecule has 1 unspecified atom stereocenters. The Kier molecular flexibility index (Phi) is 7.50. The van der Waals surface area contributed by atoms with Crippen LogP contribution in [0.4, 0.5) is 0 Å². The number of aromatic nitrogens is 3. The van der Waals surface area contributed by atoms with Crippen molar-refractivity contribution in [3.05, 3.63) is 52.1 Å². The smallest absolute Gasteiger partial charge is 0.191 e. The Morgan fingerprint density at radius 1 is 1.19 bits per heavy atom. The van der Waals surface area contributed by atoms with Crippen LogP contribution in [-0.4, -0.2) is 71.9 Å². The fourth-order valence-electron chi connectivity index (χ4n) is 3.86. The first-order chi connectivity index (χ1) is 15.2. The predicted octanol–water partition coefficient (Wildman–Crippen LogP) is 2.27. The zero-order valence-corrected chi connectivity index (χ0v) is 19.1. The summed E-state index contributed by atoms with van der Waals surface area (Å²) >= 11 is 1.87. The molecule has 0 amide bonds. The van der Waals surface area contributed by atoms with E-state index in [0.717, 1.165) is 69.7 Å². The number of hydrogen-bond donors (Lipinski definition) is 2. The third kappa shape index (κ3) is 5.61. The predicted molar refractivity (Wildman–Crippen MR) is 125 cm³/mol. The van der Waals surface area contributed by atoms with Gasteiger partial charge in [-0.3, -0.25) is 14.3 Å². The molecule has 0 bridgehead atoms. The van der Waals surface area contributed by atoms with Crippen LogP contribution < -0.4 is 10.6 Å². The number of aryl methyl sites for hydroxylation is 2. The third-order valence-electron chi connectivity index (χ3n) is 5.52. The van der Waals surface area contributed by atoms with E-state index in [4.69, 9.17) is 4.74 Å². The molecule has 31 heavy (non-hydrogen) atoms. The Balaban J connectivity index is 1.28. The number of pyridine rings is 1. The normalized spacial score (nSPS) is 16.5. The number of nitrogens with zero attached hydrogens (tertiary/aromatic N) is 5. The molecular weight excluding hydrogens is 410 g/mol. The van der Waals surface area contributed by atoms with Crippen molar-refractivity contribution in [2.24, 2.45) is 4.99 Å². The molecule has 9 heteroatoms. The summed E-state index contributed by atoms with van der Waals surface area (Å²) in [5.74, 6) is 1.82. The molecule has 4 rings (SSSR count). The number of ether oxygens (including phenoxy) is 1. The standard InChI is InChI=1S/C22H31N7OS/c1-17-8-9-19(31-17)18(28-12-14-30-15-13-28)16-25-22(23-2)24-10-5-7-21-27-26-20-6-3-4-11-29(20)21/h3-4,6,8-9,11,18H,5,7,10,12-16H2,1-2H3,(H2,23,24,25). The molecule has 166 valence electrons. The number of rotatable bonds is 8. The van der Waals surface area contributed by atoms with Crippen molar-refractivity contribution in [3.63, 3.8) is 0 Å². The molecule has 3 aromatic rings. The van der Waals surface area contributed by atoms with E-state index < -0.39 is 0 Å². The minimum absolute atomic E-state index is 0.323. The van der Waals surface area contributed by atoms with Crippen molar-refractivity contribution in [1.82, 2.24) is 30.1 Å². The fraction of sp³-hybridized carbons (Fsp3) is 0.500. The Morgan fingerprint density at radius 2 is 2.06 bits per heavy atom. The molecule has 0 aliphatic carbocycles. The maximum atomic E-state index is 5.55. The first-order valence-electron chi connectivity index (χ1n) is 10.9. The Hall–Kier alpha value is -2.49. The van der Waals surface area contributed by atoms with Crippen LogP contribution in [0.5, 0.6) is 0 Å². The second-order valence-corrected chi connectivity index (χ2v) is 8.96. The van der Waals surface area contributed by atoms with E-state index in [-0.39, 0.29) is 0 Å². The number of hydrogen-bond acceptors (Lipinski definition) is 6. The van der Waals surface area contributed by atoms with Gasteiger partial charge in [-0.05, 0) is 37.6 Å². The lowest BCUT2D eigenvalue weighted by Crippen LogP contribution is -2.46. The van der Waals surface area contributed by atoms with Gasteiger partial charge in [-0.1, -0.05) is 6.07 Å². The largest absolute Gasteiger partial charge is 0.379 e. The summed E-state index contributed by atoms with van der Waals surface area (Å²) in [6.45, 7) is 7.31. The molecule has 1 saturated heterocycles. The maximum Gasteiger partial charge on any atom is 0.191 e. The summed E-state index contributed by atoms with van der Waals surface area (Å²) in [4.78, 5) is 9.65. The highest BCUT2D eigenvalue weighted by atomic mass is 32.1. The molecule has 1 aliphatic heterocycles. The average Bonchev–Trinajstić information content (AvgIpc) is 3.42. The van der Waals surface area contributed by atoms with Crippen LogP contribution in [0, 0.1) is 6.92 Å². The lowest BCUT2D eigenvalue weighted by atomic mass is 10.2. The quantitative estimate of drug-likeness (QED) is 0.317. The topological polar surface area (TPSA) is 79.1 Å². The zero-order valence-electron chi connectivity index (χ0n) is 18.3. The second-order valence-electron chi connectivity index (χ2n) is 7.64. The van der Waals surface area contributed by atoms with Crippen molar-refractivity contribution >= 4 is 22.9 Å². The van der Waals surface area contributed by atoms with E-state index in [1.54, 1.807) is 0 Å². The van der Waals surface area contributed by atoms with Crippen LogP contribution in [0.25, 0.3) is 5.65 Å². The molecule has 4 heterocycles. The average molecular weight is 442 g/mol. The molecule has 0 radical (unpaired) electrons. The molecular formula is C22H31N7OS. The van der Waals surface area contributed by atoms with Gasteiger partial charge < -0.3 is 15.4 Å². The van der Waals surface area contributed by atoms with Gasteiger partial charge in [0.15, 0.2) is 11.6 Å². The minimum atomic E-state index is 0.323. The van der Waals surface area contributed by atoms with Gasteiger partial charge in [-0.15, -0.1) is 21.5 Å². The summed E-state index contributed by atoms with van der Waals surface area (Å²) in [5, 5.41) is 15.5. The van der Waals surface area contributed by atoms with Gasteiger partial charge in [0.25, 0.3) is 0 Å². The fourth-order valence-corrected chi connectivity index (χ4v) is 4.87. The monoisotopic (exact) mass is 441 g/mol. The van der Waals surface area contributed by atoms with E-state index in [0.29, 0.717) is 6.04 Å². The number of morpholine rings is 1. The number of aliphatic imine (C=N–C) groups is 1. The Labute approximate surface area is 187 Å². The zero-order chi connectivity index (χ0) is 21.5. The van der Waals surface area contributed by atoms with E-state index in [9.17, 15) is 0 Å². The number of fused-ring (bicyclic) bond motifs is 1. The lowest BCUT2D eigenvalue weighted by Gasteiger charge is -2.34. The summed E-state index contributed by atoms with van der Waals surface area (Å²) in [6, 6.07) is 10.7. The summed E-state index contributed by atoms with van der Waals surface area (Å²) in [7, 11) is 1.82. The molecule has 0 saturated carbocycles. The van der Waals surface area contributed by atoms with Crippen molar-refractivity contribution in [2.45, 2.75) is 25.8 Å². The second kappa shape index (κ2) is 10.7. The molecule has 8 nitrogen and oxygen atoms in total. The maximum absolute atomic E-state index is 5.55. The highest BCUT2D eigenvalue weighted by Crippen LogP contribution is 2.27. The lowest BCUT2D eigenvalue weighted by molar-refractivity contribution is 0.0177. The van der Waals surface area contributed by atoms with Crippen molar-refractivity contribution in [2.75, 3.05) is 46.4 Å². The Bertz CT molecular complexity index is 993. The highest BCUT2D eigenvalue weighted by molar-refractivity contribution is 7.12. The third-order valence-corrected chi connectivity index (χ3v) is 6.62. The van der Waals surface area contributed by atoms with Gasteiger partial charge in [-0.2, -0.15) is 0 Å². The summed E-state index contributed by atoms with van der Waals surface area (Å²) in [5.41, 5.74) is 0.890. The van der Waals surface area contributed by atoms with Crippen LogP contribution in [0.2, 0.25) is 0 Å². The van der Waals surface area contributed by atoms with Crippen LogP contribution in [0.3, 0.4) is 0 Å². The van der Waals surface area contributed by atoms with Crippen LogP contribution in [0.1, 0.15) is 28.0 Å². The molecule has 1 atom stereocenters. The van der Waals surface area contributed by atoms with E-state index in [1.807, 2.05) is 47.2 Å².